The lowest BCUT2D eigenvalue weighted by molar-refractivity contribution is 0.582. The zero-order valence-electron chi connectivity index (χ0n) is 10.8. The van der Waals surface area contributed by atoms with Crippen molar-refractivity contribution in [3.63, 3.8) is 0 Å². The average Bonchev–Trinajstić information content (AvgIpc) is 2.43. The van der Waals surface area contributed by atoms with Gasteiger partial charge in [-0.25, -0.2) is 4.39 Å². The predicted octanol–water partition coefficient (Wildman–Crippen LogP) is 5.35. The molecule has 0 aliphatic carbocycles. The van der Waals surface area contributed by atoms with E-state index in [2.05, 4.69) is 49.9 Å². The van der Waals surface area contributed by atoms with Crippen LogP contribution in [0.25, 0.3) is 0 Å². The van der Waals surface area contributed by atoms with Gasteiger partial charge in [0, 0.05) is 14.1 Å². The molecule has 0 aliphatic rings. The Morgan fingerprint density at radius 2 is 2.10 bits per heavy atom. The van der Waals surface area contributed by atoms with Gasteiger partial charge in [-0.05, 0) is 71.5 Å². The Labute approximate surface area is 145 Å². The SMILES string of the molecule is CNC(Cc1cccc(F)c1Cl)c1cc(I)ccc1Br. The molecular weight excluding hydrogens is 455 g/mol. The summed E-state index contributed by atoms with van der Waals surface area (Å²) >= 11 is 11.9. The van der Waals surface area contributed by atoms with Crippen LogP contribution in [0.15, 0.2) is 40.9 Å². The fraction of sp³-hybridized carbons (Fsp3) is 0.200. The minimum atomic E-state index is -0.374. The Kier molecular flexibility index (Phi) is 5.84. The zero-order chi connectivity index (χ0) is 14.7. The van der Waals surface area contributed by atoms with Crippen LogP contribution in [0.3, 0.4) is 0 Å². The normalized spacial score (nSPS) is 12.4. The van der Waals surface area contributed by atoms with Gasteiger partial charge in [0.15, 0.2) is 0 Å². The van der Waals surface area contributed by atoms with Crippen LogP contribution in [0.5, 0.6) is 0 Å². The molecule has 1 nitrogen and oxygen atoms in total. The summed E-state index contributed by atoms with van der Waals surface area (Å²) in [5.74, 6) is -0.374. The summed E-state index contributed by atoms with van der Waals surface area (Å²) in [5, 5.41) is 3.47. The number of likely N-dealkylation sites (N-methyl/N-ethyl adjacent to an activating group) is 1. The van der Waals surface area contributed by atoms with E-state index in [1.54, 1.807) is 6.07 Å². The molecule has 20 heavy (non-hydrogen) atoms. The third-order valence-electron chi connectivity index (χ3n) is 3.14. The first-order valence-corrected chi connectivity index (χ1v) is 8.33. The molecule has 0 bridgehead atoms. The molecule has 0 saturated carbocycles. The molecular formula is C15H13BrClFIN. The highest BCUT2D eigenvalue weighted by Crippen LogP contribution is 2.30. The molecule has 2 aromatic rings. The number of hydrogen-bond donors (Lipinski definition) is 1. The van der Waals surface area contributed by atoms with E-state index in [9.17, 15) is 4.39 Å². The van der Waals surface area contributed by atoms with E-state index >= 15 is 0 Å². The number of rotatable bonds is 4. The number of halogens is 4. The first kappa shape index (κ1) is 16.2. The second-order valence-electron chi connectivity index (χ2n) is 4.42. The fourth-order valence-corrected chi connectivity index (χ4v) is 3.32. The smallest absolute Gasteiger partial charge is 0.142 e. The van der Waals surface area contributed by atoms with Crippen LogP contribution in [0.4, 0.5) is 4.39 Å². The summed E-state index contributed by atoms with van der Waals surface area (Å²) in [6.07, 6.45) is 0.631. The largest absolute Gasteiger partial charge is 0.313 e. The van der Waals surface area contributed by atoms with E-state index < -0.39 is 0 Å². The highest BCUT2D eigenvalue weighted by molar-refractivity contribution is 14.1. The second-order valence-corrected chi connectivity index (χ2v) is 6.90. The highest BCUT2D eigenvalue weighted by Gasteiger charge is 2.16. The van der Waals surface area contributed by atoms with Gasteiger partial charge >= 0.3 is 0 Å². The third kappa shape index (κ3) is 3.72. The van der Waals surface area contributed by atoms with E-state index in [0.29, 0.717) is 6.42 Å². The molecule has 0 radical (unpaired) electrons. The maximum absolute atomic E-state index is 13.5. The third-order valence-corrected chi connectivity index (χ3v) is 4.95. The van der Waals surface area contributed by atoms with Crippen LogP contribution in [0.2, 0.25) is 5.02 Å². The summed E-state index contributed by atoms with van der Waals surface area (Å²) in [6, 6.07) is 11.2. The maximum Gasteiger partial charge on any atom is 0.142 e. The summed E-state index contributed by atoms with van der Waals surface area (Å²) in [5.41, 5.74) is 1.94. The summed E-state index contributed by atoms with van der Waals surface area (Å²) in [4.78, 5) is 0. The number of nitrogens with one attached hydrogen (secondary N) is 1. The molecule has 0 amide bonds. The summed E-state index contributed by atoms with van der Waals surface area (Å²) in [6.45, 7) is 0. The number of hydrogen-bond acceptors (Lipinski definition) is 1. The molecule has 2 rings (SSSR count). The molecule has 1 atom stereocenters. The van der Waals surface area contributed by atoms with Crippen LogP contribution in [-0.2, 0) is 6.42 Å². The molecule has 0 spiro atoms. The topological polar surface area (TPSA) is 12.0 Å². The minimum Gasteiger partial charge on any atom is -0.313 e. The molecule has 0 aliphatic heterocycles. The van der Waals surface area contributed by atoms with Crippen LogP contribution in [0.1, 0.15) is 17.2 Å². The molecule has 0 aromatic heterocycles. The van der Waals surface area contributed by atoms with Gasteiger partial charge in [-0.3, -0.25) is 0 Å². The summed E-state index contributed by atoms with van der Waals surface area (Å²) in [7, 11) is 1.89. The lowest BCUT2D eigenvalue weighted by Crippen LogP contribution is -2.19. The van der Waals surface area contributed by atoms with E-state index in [1.807, 2.05) is 25.2 Å². The van der Waals surface area contributed by atoms with Crippen molar-refractivity contribution in [1.29, 1.82) is 0 Å². The van der Waals surface area contributed by atoms with Crippen molar-refractivity contribution in [2.75, 3.05) is 7.05 Å². The Morgan fingerprint density at radius 3 is 2.80 bits per heavy atom. The number of benzene rings is 2. The van der Waals surface area contributed by atoms with E-state index in [-0.39, 0.29) is 16.9 Å². The Morgan fingerprint density at radius 1 is 1.35 bits per heavy atom. The minimum absolute atomic E-state index is 0.0680. The van der Waals surface area contributed by atoms with E-state index in [4.69, 9.17) is 11.6 Å². The van der Waals surface area contributed by atoms with Gasteiger partial charge in [0.05, 0.1) is 5.02 Å². The van der Waals surface area contributed by atoms with Gasteiger partial charge in [0.25, 0.3) is 0 Å². The van der Waals surface area contributed by atoms with Gasteiger partial charge in [0.2, 0.25) is 0 Å². The standard InChI is InChI=1S/C15H13BrClFIN/c1-20-14(11-8-10(19)5-6-12(11)16)7-9-3-2-4-13(18)15(9)17/h2-6,8,14,20H,7H2,1H3. The molecule has 0 fully saturated rings. The van der Waals surface area contributed by atoms with Crippen LogP contribution in [-0.4, -0.2) is 7.05 Å². The van der Waals surface area contributed by atoms with Gasteiger partial charge in [-0.1, -0.05) is 39.7 Å². The van der Waals surface area contributed by atoms with Crippen molar-refractivity contribution < 1.29 is 4.39 Å². The predicted molar refractivity (Wildman–Crippen MR) is 93.8 cm³/mol. The van der Waals surface area contributed by atoms with Crippen molar-refractivity contribution in [1.82, 2.24) is 5.32 Å². The molecule has 106 valence electrons. The van der Waals surface area contributed by atoms with E-state index in [0.717, 1.165) is 19.2 Å². The lowest BCUT2D eigenvalue weighted by atomic mass is 9.99. The van der Waals surface area contributed by atoms with Gasteiger partial charge in [-0.2, -0.15) is 0 Å². The highest BCUT2D eigenvalue weighted by atomic mass is 127. The molecule has 1 unspecified atom stereocenters. The monoisotopic (exact) mass is 467 g/mol. The van der Waals surface area contributed by atoms with Gasteiger partial charge in [-0.15, -0.1) is 0 Å². The first-order valence-electron chi connectivity index (χ1n) is 6.08. The van der Waals surface area contributed by atoms with Crippen LogP contribution >= 0.6 is 50.1 Å². The Balaban J connectivity index is 2.34. The van der Waals surface area contributed by atoms with Crippen molar-refractivity contribution in [3.05, 3.63) is 66.4 Å². The Bertz CT molecular complexity index is 621. The van der Waals surface area contributed by atoms with E-state index in [1.165, 1.54) is 6.07 Å². The first-order chi connectivity index (χ1) is 9.52. The fourth-order valence-electron chi connectivity index (χ4n) is 2.08. The molecule has 5 heteroatoms. The molecule has 1 N–H and O–H groups in total. The lowest BCUT2D eigenvalue weighted by Gasteiger charge is -2.19. The van der Waals surface area contributed by atoms with Crippen molar-refractivity contribution in [3.8, 4) is 0 Å². The maximum atomic E-state index is 13.5. The molecule has 0 saturated heterocycles. The van der Waals surface area contributed by atoms with Crippen LogP contribution < -0.4 is 5.32 Å². The zero-order valence-corrected chi connectivity index (χ0v) is 15.3. The molecule has 0 heterocycles. The Hall–Kier alpha value is -0.170. The van der Waals surface area contributed by atoms with Crippen LogP contribution in [0, 0.1) is 9.39 Å². The average molecular weight is 469 g/mol. The van der Waals surface area contributed by atoms with Crippen molar-refractivity contribution in [2.24, 2.45) is 0 Å². The quantitative estimate of drug-likeness (QED) is 0.597. The van der Waals surface area contributed by atoms with Gasteiger partial charge < -0.3 is 5.32 Å². The van der Waals surface area contributed by atoms with Gasteiger partial charge in [0.1, 0.15) is 5.82 Å². The van der Waals surface area contributed by atoms with Crippen molar-refractivity contribution >= 4 is 50.1 Å². The summed E-state index contributed by atoms with van der Waals surface area (Å²) < 4.78 is 15.7. The second kappa shape index (κ2) is 7.20. The van der Waals surface area contributed by atoms with Crippen molar-refractivity contribution in [2.45, 2.75) is 12.5 Å². The molecule has 2 aromatic carbocycles.